The Morgan fingerprint density at radius 2 is 1.75 bits per heavy atom. The van der Waals surface area contributed by atoms with Crippen molar-refractivity contribution in [2.45, 2.75) is 20.3 Å². The standard InChI is InChI=1S/C22H21N3O3/c1-14-6-5-9-19(21(14)27)22(28)25-24-15(2)12-20(26)23-18-11-10-16-7-3-4-8-17(16)13-18/h3-11,13,27H,12H2,1-2H3,(H,23,26)(H,25,28)/b24-15+. The van der Waals surface area contributed by atoms with E-state index in [9.17, 15) is 14.7 Å². The third-order valence-electron chi connectivity index (χ3n) is 4.28. The van der Waals surface area contributed by atoms with Crippen molar-refractivity contribution in [3.05, 3.63) is 71.8 Å². The fraction of sp³-hybridized carbons (Fsp3) is 0.136. The number of hydrogen-bond acceptors (Lipinski definition) is 4. The monoisotopic (exact) mass is 375 g/mol. The van der Waals surface area contributed by atoms with Crippen LogP contribution in [0, 0.1) is 6.92 Å². The second-order valence-corrected chi connectivity index (χ2v) is 6.55. The quantitative estimate of drug-likeness (QED) is 0.465. The maximum Gasteiger partial charge on any atom is 0.275 e. The molecule has 2 amide bonds. The summed E-state index contributed by atoms with van der Waals surface area (Å²) in [5, 5.41) is 18.9. The van der Waals surface area contributed by atoms with Crippen molar-refractivity contribution in [3.8, 4) is 5.75 Å². The predicted molar refractivity (Wildman–Crippen MR) is 111 cm³/mol. The number of hydrogen-bond donors (Lipinski definition) is 3. The molecule has 0 atom stereocenters. The van der Waals surface area contributed by atoms with Gasteiger partial charge in [0.25, 0.3) is 5.91 Å². The minimum absolute atomic E-state index is 0.0346. The van der Waals surface area contributed by atoms with Gasteiger partial charge < -0.3 is 10.4 Å². The third kappa shape index (κ3) is 4.54. The molecule has 0 aromatic heterocycles. The van der Waals surface area contributed by atoms with Crippen molar-refractivity contribution in [2.24, 2.45) is 5.10 Å². The summed E-state index contributed by atoms with van der Waals surface area (Å²) in [7, 11) is 0. The number of anilines is 1. The van der Waals surface area contributed by atoms with Crippen LogP contribution in [-0.4, -0.2) is 22.6 Å². The van der Waals surface area contributed by atoms with Crippen LogP contribution in [0.3, 0.4) is 0 Å². The van der Waals surface area contributed by atoms with E-state index in [-0.39, 0.29) is 23.6 Å². The lowest BCUT2D eigenvalue weighted by atomic mass is 10.1. The van der Waals surface area contributed by atoms with Crippen molar-refractivity contribution in [1.82, 2.24) is 5.43 Å². The zero-order valence-electron chi connectivity index (χ0n) is 15.7. The van der Waals surface area contributed by atoms with Gasteiger partial charge in [-0.15, -0.1) is 0 Å². The van der Waals surface area contributed by atoms with Crippen molar-refractivity contribution in [3.63, 3.8) is 0 Å². The van der Waals surface area contributed by atoms with Crippen LogP contribution in [0.1, 0.15) is 29.3 Å². The average Bonchev–Trinajstić information content (AvgIpc) is 2.68. The SMILES string of the molecule is C/C(CC(=O)Nc1ccc2ccccc2c1)=N\NC(=O)c1cccc(C)c1O. The molecule has 28 heavy (non-hydrogen) atoms. The number of phenolic OH excluding ortho intramolecular Hbond substituents is 1. The van der Waals surface area contributed by atoms with Crippen LogP contribution < -0.4 is 10.7 Å². The number of fused-ring (bicyclic) bond motifs is 1. The number of nitrogens with one attached hydrogen (secondary N) is 2. The summed E-state index contributed by atoms with van der Waals surface area (Å²) < 4.78 is 0. The lowest BCUT2D eigenvalue weighted by molar-refractivity contribution is -0.115. The van der Waals surface area contributed by atoms with E-state index in [0.717, 1.165) is 10.8 Å². The molecule has 0 aliphatic heterocycles. The molecule has 6 nitrogen and oxygen atoms in total. The number of carbonyl (C=O) groups excluding carboxylic acids is 2. The molecule has 142 valence electrons. The number of nitrogens with zero attached hydrogens (tertiary/aromatic N) is 1. The number of aryl methyl sites for hydroxylation is 1. The summed E-state index contributed by atoms with van der Waals surface area (Å²) in [5.41, 5.74) is 4.25. The van der Waals surface area contributed by atoms with Gasteiger partial charge in [-0.1, -0.05) is 42.5 Å². The molecule has 3 N–H and O–H groups in total. The number of phenols is 1. The number of rotatable bonds is 5. The Labute approximate surface area is 162 Å². The topological polar surface area (TPSA) is 90.8 Å². The molecule has 3 aromatic carbocycles. The highest BCUT2D eigenvalue weighted by molar-refractivity contribution is 6.06. The van der Waals surface area contributed by atoms with Crippen LogP contribution in [0.2, 0.25) is 0 Å². The Hall–Kier alpha value is -3.67. The first kappa shape index (κ1) is 19.1. The van der Waals surface area contributed by atoms with E-state index in [4.69, 9.17) is 0 Å². The Morgan fingerprint density at radius 1 is 1.00 bits per heavy atom. The van der Waals surface area contributed by atoms with E-state index < -0.39 is 5.91 Å². The highest BCUT2D eigenvalue weighted by Gasteiger charge is 2.12. The second kappa shape index (κ2) is 8.35. The van der Waals surface area contributed by atoms with E-state index in [0.29, 0.717) is 17.0 Å². The van der Waals surface area contributed by atoms with Gasteiger partial charge in [-0.25, -0.2) is 5.43 Å². The van der Waals surface area contributed by atoms with Gasteiger partial charge in [-0.05, 0) is 48.4 Å². The minimum atomic E-state index is -0.532. The van der Waals surface area contributed by atoms with Gasteiger partial charge in [0, 0.05) is 11.4 Å². The lowest BCUT2D eigenvalue weighted by Crippen LogP contribution is -2.21. The lowest BCUT2D eigenvalue weighted by Gasteiger charge is -2.08. The molecule has 3 aromatic rings. The molecule has 0 fully saturated rings. The van der Waals surface area contributed by atoms with Crippen LogP contribution in [0.15, 0.2) is 65.8 Å². The summed E-state index contributed by atoms with van der Waals surface area (Å²) in [6.45, 7) is 3.36. The van der Waals surface area contributed by atoms with Crippen LogP contribution in [0.4, 0.5) is 5.69 Å². The number of amides is 2. The summed E-state index contributed by atoms with van der Waals surface area (Å²) in [6, 6.07) is 18.5. The molecule has 0 bridgehead atoms. The molecule has 0 heterocycles. The molecular formula is C22H21N3O3. The summed E-state index contributed by atoms with van der Waals surface area (Å²) >= 11 is 0. The predicted octanol–water partition coefficient (Wildman–Crippen LogP) is 3.99. The third-order valence-corrected chi connectivity index (χ3v) is 4.28. The molecular weight excluding hydrogens is 354 g/mol. The van der Waals surface area contributed by atoms with Crippen LogP contribution in [0.5, 0.6) is 5.75 Å². The number of carbonyl (C=O) groups is 2. The Kier molecular flexibility index (Phi) is 5.69. The van der Waals surface area contributed by atoms with E-state index in [2.05, 4.69) is 15.8 Å². The molecule has 0 saturated carbocycles. The molecule has 0 aliphatic carbocycles. The van der Waals surface area contributed by atoms with Gasteiger partial charge in [0.05, 0.1) is 12.0 Å². The second-order valence-electron chi connectivity index (χ2n) is 6.55. The van der Waals surface area contributed by atoms with Gasteiger partial charge in [-0.2, -0.15) is 5.10 Å². The van der Waals surface area contributed by atoms with Crippen molar-refractivity contribution >= 4 is 34.0 Å². The Balaban J connectivity index is 1.59. The zero-order valence-corrected chi connectivity index (χ0v) is 15.7. The molecule has 0 radical (unpaired) electrons. The maximum atomic E-state index is 12.2. The number of para-hydroxylation sites is 1. The molecule has 0 spiro atoms. The normalized spacial score (nSPS) is 11.3. The van der Waals surface area contributed by atoms with Crippen LogP contribution in [0.25, 0.3) is 10.8 Å². The van der Waals surface area contributed by atoms with E-state index >= 15 is 0 Å². The van der Waals surface area contributed by atoms with Gasteiger partial charge >= 0.3 is 0 Å². The minimum Gasteiger partial charge on any atom is -0.507 e. The molecule has 0 aliphatic rings. The highest BCUT2D eigenvalue weighted by atomic mass is 16.3. The van der Waals surface area contributed by atoms with Gasteiger partial charge in [-0.3, -0.25) is 9.59 Å². The van der Waals surface area contributed by atoms with E-state index in [1.54, 1.807) is 26.0 Å². The van der Waals surface area contributed by atoms with Gasteiger partial charge in [0.15, 0.2) is 0 Å². The Morgan fingerprint density at radius 3 is 2.54 bits per heavy atom. The van der Waals surface area contributed by atoms with Crippen molar-refractivity contribution in [2.75, 3.05) is 5.32 Å². The summed E-state index contributed by atoms with van der Waals surface area (Å²) in [6.07, 6.45) is 0.0346. The fourth-order valence-electron chi connectivity index (χ4n) is 2.79. The van der Waals surface area contributed by atoms with Crippen LogP contribution in [-0.2, 0) is 4.79 Å². The average molecular weight is 375 g/mol. The summed E-state index contributed by atoms with van der Waals surface area (Å²) in [4.78, 5) is 24.4. The molecule has 6 heteroatoms. The van der Waals surface area contributed by atoms with Gasteiger partial charge in [0.2, 0.25) is 5.91 Å². The van der Waals surface area contributed by atoms with Crippen molar-refractivity contribution in [1.29, 1.82) is 0 Å². The first-order chi connectivity index (χ1) is 13.4. The van der Waals surface area contributed by atoms with Crippen molar-refractivity contribution < 1.29 is 14.7 Å². The molecule has 0 unspecified atom stereocenters. The highest BCUT2D eigenvalue weighted by Crippen LogP contribution is 2.21. The first-order valence-electron chi connectivity index (χ1n) is 8.85. The molecule has 0 saturated heterocycles. The smallest absolute Gasteiger partial charge is 0.275 e. The fourth-order valence-corrected chi connectivity index (χ4v) is 2.79. The van der Waals surface area contributed by atoms with Gasteiger partial charge in [0.1, 0.15) is 5.75 Å². The first-order valence-corrected chi connectivity index (χ1v) is 8.85. The van der Waals surface area contributed by atoms with E-state index in [1.807, 2.05) is 42.5 Å². The number of hydrazone groups is 1. The zero-order chi connectivity index (χ0) is 20.1. The number of benzene rings is 3. The Bertz CT molecular complexity index is 1070. The number of aromatic hydroxyl groups is 1. The largest absolute Gasteiger partial charge is 0.507 e. The van der Waals surface area contributed by atoms with Crippen LogP contribution >= 0.6 is 0 Å². The molecule has 3 rings (SSSR count). The van der Waals surface area contributed by atoms with E-state index in [1.165, 1.54) is 6.07 Å². The summed E-state index contributed by atoms with van der Waals surface area (Å²) in [5.74, 6) is -0.846. The maximum absolute atomic E-state index is 12.2.